The zero-order valence-electron chi connectivity index (χ0n) is 16.4. The molecule has 6 nitrogen and oxygen atoms in total. The maximum absolute atomic E-state index is 12.6. The lowest BCUT2D eigenvalue weighted by Crippen LogP contribution is -2.14. The second-order valence-electron chi connectivity index (χ2n) is 6.52. The molecule has 3 aromatic rings. The molecule has 156 valence electrons. The molecule has 8 heteroatoms. The monoisotopic (exact) mass is 544 g/mol. The normalized spacial score (nSPS) is 11.5. The van der Waals surface area contributed by atoms with E-state index >= 15 is 0 Å². The predicted octanol–water partition coefficient (Wildman–Crippen LogP) is 4.91. The van der Waals surface area contributed by atoms with Crippen LogP contribution in [0.15, 0.2) is 83.3 Å². The van der Waals surface area contributed by atoms with Gasteiger partial charge in [-0.25, -0.2) is 0 Å². The molecule has 0 aliphatic rings. The Morgan fingerprint density at radius 2 is 1.77 bits per heavy atom. The van der Waals surface area contributed by atoms with Crippen molar-refractivity contribution in [1.29, 1.82) is 5.26 Å². The zero-order valence-corrected chi connectivity index (χ0v) is 19.3. The maximum Gasteiger partial charge on any atom is 0.339 e. The summed E-state index contributed by atoms with van der Waals surface area (Å²) in [4.78, 5) is 12.6. The minimum atomic E-state index is -4.08. The standard InChI is InChI=1S/C23H17IN2O4S/c1-16-9-11-21(12-10-16)31(28,29)30-22-8-3-2-5-17(22)13-18(15-25)23(27)26-20-7-4-6-19(24)14-20/h2-14H,1H3,(H,26,27)/b18-13+. The quantitative estimate of drug-likeness (QED) is 0.206. The van der Waals surface area contributed by atoms with E-state index in [9.17, 15) is 18.5 Å². The van der Waals surface area contributed by atoms with Gasteiger partial charge in [-0.05, 0) is 72.0 Å². The molecule has 3 rings (SSSR count). The number of carbonyl (C=O) groups excluding carboxylic acids is 1. The van der Waals surface area contributed by atoms with Gasteiger partial charge in [-0.15, -0.1) is 0 Å². The van der Waals surface area contributed by atoms with Crippen LogP contribution in [-0.2, 0) is 14.9 Å². The van der Waals surface area contributed by atoms with E-state index in [4.69, 9.17) is 4.18 Å². The number of nitriles is 1. The molecule has 0 aliphatic heterocycles. The smallest absolute Gasteiger partial charge is 0.339 e. The minimum absolute atomic E-state index is 0.00816. The minimum Gasteiger partial charge on any atom is -0.378 e. The molecule has 3 aromatic carbocycles. The summed E-state index contributed by atoms with van der Waals surface area (Å²) in [5.41, 5.74) is 1.56. The Kier molecular flexibility index (Phi) is 7.09. The molecule has 1 N–H and O–H groups in total. The van der Waals surface area contributed by atoms with Gasteiger partial charge in [-0.1, -0.05) is 42.0 Å². The highest BCUT2D eigenvalue weighted by atomic mass is 127. The Morgan fingerprint density at radius 1 is 1.06 bits per heavy atom. The van der Waals surface area contributed by atoms with Crippen LogP contribution in [0.2, 0.25) is 0 Å². The summed E-state index contributed by atoms with van der Waals surface area (Å²) in [5, 5.41) is 12.1. The number of anilines is 1. The highest BCUT2D eigenvalue weighted by molar-refractivity contribution is 14.1. The molecule has 0 bridgehead atoms. The summed E-state index contributed by atoms with van der Waals surface area (Å²) in [5.74, 6) is -0.599. The predicted molar refractivity (Wildman–Crippen MR) is 127 cm³/mol. The molecule has 1 amide bonds. The van der Waals surface area contributed by atoms with Crippen molar-refractivity contribution in [2.45, 2.75) is 11.8 Å². The zero-order chi connectivity index (χ0) is 22.4. The van der Waals surface area contributed by atoms with E-state index in [0.29, 0.717) is 5.69 Å². The van der Waals surface area contributed by atoms with Crippen molar-refractivity contribution in [3.05, 3.63) is 93.1 Å². The van der Waals surface area contributed by atoms with Crippen LogP contribution in [-0.4, -0.2) is 14.3 Å². The molecule has 0 spiro atoms. The first-order valence-corrected chi connectivity index (χ1v) is 11.6. The summed E-state index contributed by atoms with van der Waals surface area (Å²) < 4.78 is 31.5. The first-order chi connectivity index (χ1) is 14.8. The first kappa shape index (κ1) is 22.5. The summed E-state index contributed by atoms with van der Waals surface area (Å²) in [6.07, 6.45) is 1.29. The Bertz CT molecular complexity index is 1290. The number of rotatable bonds is 6. The molecular formula is C23H17IN2O4S. The summed E-state index contributed by atoms with van der Waals surface area (Å²) in [7, 11) is -4.08. The van der Waals surface area contributed by atoms with E-state index in [1.54, 1.807) is 48.5 Å². The number of nitrogens with one attached hydrogen (secondary N) is 1. The van der Waals surface area contributed by atoms with Gasteiger partial charge in [0.2, 0.25) is 0 Å². The molecule has 0 fully saturated rings. The Labute approximate surface area is 194 Å². The fraction of sp³-hybridized carbons (Fsp3) is 0.0435. The van der Waals surface area contributed by atoms with Crippen LogP contribution in [0.5, 0.6) is 5.75 Å². The van der Waals surface area contributed by atoms with E-state index in [0.717, 1.165) is 9.13 Å². The average Bonchev–Trinajstić information content (AvgIpc) is 2.73. The molecule has 0 aromatic heterocycles. The lowest BCUT2D eigenvalue weighted by Gasteiger charge is -2.10. The fourth-order valence-corrected chi connectivity index (χ4v) is 4.11. The molecule has 0 saturated heterocycles. The van der Waals surface area contributed by atoms with Gasteiger partial charge in [0, 0.05) is 14.8 Å². The highest BCUT2D eigenvalue weighted by Gasteiger charge is 2.19. The fourth-order valence-electron chi connectivity index (χ4n) is 2.62. The van der Waals surface area contributed by atoms with Crippen LogP contribution in [0.25, 0.3) is 6.08 Å². The van der Waals surface area contributed by atoms with Gasteiger partial charge < -0.3 is 9.50 Å². The number of nitrogens with zero attached hydrogens (tertiary/aromatic N) is 1. The number of amides is 1. The van der Waals surface area contributed by atoms with Crippen molar-refractivity contribution in [1.82, 2.24) is 0 Å². The maximum atomic E-state index is 12.6. The second-order valence-corrected chi connectivity index (χ2v) is 9.31. The number of aryl methyl sites for hydroxylation is 1. The van der Waals surface area contributed by atoms with E-state index in [-0.39, 0.29) is 21.8 Å². The molecule has 0 aliphatic carbocycles. The van der Waals surface area contributed by atoms with Gasteiger partial charge in [0.05, 0.1) is 0 Å². The van der Waals surface area contributed by atoms with Gasteiger partial charge in [0.1, 0.15) is 22.3 Å². The third-order valence-corrected chi connectivity index (χ3v) is 6.10. The van der Waals surface area contributed by atoms with Crippen molar-refractivity contribution in [2.75, 3.05) is 5.32 Å². The number of carbonyl (C=O) groups is 1. The lowest BCUT2D eigenvalue weighted by atomic mass is 10.1. The molecule has 31 heavy (non-hydrogen) atoms. The lowest BCUT2D eigenvalue weighted by molar-refractivity contribution is -0.112. The molecule has 0 unspecified atom stereocenters. The number of hydrogen-bond acceptors (Lipinski definition) is 5. The highest BCUT2D eigenvalue weighted by Crippen LogP contribution is 2.25. The SMILES string of the molecule is Cc1ccc(S(=O)(=O)Oc2ccccc2/C=C(\C#N)C(=O)Nc2cccc(I)c2)cc1. The van der Waals surface area contributed by atoms with Crippen molar-refractivity contribution >= 4 is 50.4 Å². The Balaban J connectivity index is 1.89. The van der Waals surface area contributed by atoms with Gasteiger partial charge in [-0.2, -0.15) is 13.7 Å². The van der Waals surface area contributed by atoms with E-state index in [1.807, 2.05) is 19.1 Å². The summed E-state index contributed by atoms with van der Waals surface area (Å²) in [6, 6.07) is 21.5. The summed E-state index contributed by atoms with van der Waals surface area (Å²) in [6.45, 7) is 1.85. The van der Waals surface area contributed by atoms with Crippen molar-refractivity contribution in [3.63, 3.8) is 0 Å². The first-order valence-electron chi connectivity index (χ1n) is 9.07. The van der Waals surface area contributed by atoms with E-state index < -0.39 is 16.0 Å². The van der Waals surface area contributed by atoms with Crippen molar-refractivity contribution < 1.29 is 17.4 Å². The van der Waals surface area contributed by atoms with Crippen LogP contribution in [0.3, 0.4) is 0 Å². The molecule has 0 heterocycles. The second kappa shape index (κ2) is 9.76. The van der Waals surface area contributed by atoms with Gasteiger partial charge in [0.15, 0.2) is 0 Å². The third kappa shape index (κ3) is 5.93. The van der Waals surface area contributed by atoms with Gasteiger partial charge >= 0.3 is 10.1 Å². The molecular weight excluding hydrogens is 527 g/mol. The largest absolute Gasteiger partial charge is 0.378 e. The number of benzene rings is 3. The van der Waals surface area contributed by atoms with Crippen molar-refractivity contribution in [3.8, 4) is 11.8 Å². The van der Waals surface area contributed by atoms with Crippen LogP contribution in [0.1, 0.15) is 11.1 Å². The molecule has 0 radical (unpaired) electrons. The van der Waals surface area contributed by atoms with Crippen LogP contribution in [0.4, 0.5) is 5.69 Å². The van der Waals surface area contributed by atoms with E-state index in [1.165, 1.54) is 24.3 Å². The van der Waals surface area contributed by atoms with Gasteiger partial charge in [-0.3, -0.25) is 4.79 Å². The van der Waals surface area contributed by atoms with Crippen LogP contribution in [0, 0.1) is 21.8 Å². The third-order valence-electron chi connectivity index (χ3n) is 4.18. The molecule has 0 atom stereocenters. The average molecular weight is 544 g/mol. The number of hydrogen-bond donors (Lipinski definition) is 1. The number of para-hydroxylation sites is 1. The van der Waals surface area contributed by atoms with Crippen LogP contribution < -0.4 is 9.50 Å². The van der Waals surface area contributed by atoms with E-state index in [2.05, 4.69) is 27.9 Å². The Morgan fingerprint density at radius 3 is 2.45 bits per heavy atom. The summed E-state index contributed by atoms with van der Waals surface area (Å²) >= 11 is 2.12. The van der Waals surface area contributed by atoms with Crippen molar-refractivity contribution in [2.24, 2.45) is 0 Å². The Hall–Kier alpha value is -3.16. The van der Waals surface area contributed by atoms with Crippen LogP contribution >= 0.6 is 22.6 Å². The topological polar surface area (TPSA) is 96.3 Å². The molecule has 0 saturated carbocycles. The van der Waals surface area contributed by atoms with Gasteiger partial charge in [0.25, 0.3) is 5.91 Å². The number of halogens is 1.